The maximum atomic E-state index is 13.8. The number of aromatic amines is 1. The number of imidazole rings is 2. The summed E-state index contributed by atoms with van der Waals surface area (Å²) < 4.78 is 19.6. The number of aromatic nitrogens is 12. The minimum Gasteiger partial charge on any atom is -0.491 e. The van der Waals surface area contributed by atoms with Crippen LogP contribution in [0, 0.1) is 13.8 Å². The molecule has 1 unspecified atom stereocenters. The van der Waals surface area contributed by atoms with Crippen LogP contribution in [-0.2, 0) is 26.1 Å². The van der Waals surface area contributed by atoms with E-state index in [1.165, 1.54) is 0 Å². The van der Waals surface area contributed by atoms with Crippen LogP contribution < -0.4 is 31.6 Å². The zero-order valence-corrected chi connectivity index (χ0v) is 34.0. The summed E-state index contributed by atoms with van der Waals surface area (Å²) >= 11 is 0. The van der Waals surface area contributed by atoms with Crippen molar-refractivity contribution in [2.45, 2.75) is 85.3 Å². The SMILES string of the molecule is CCn1nc(C)cc1C(=O)Nc1nc2cc(C(N)O)cc(OCCCc3nn[nH]n3)c2n1CCC[C@H]1COc2cc(C(N)=O)cc3nc(NC(=O)c4cc(C)nn4CC)n1c23. The molecule has 22 heteroatoms. The van der Waals surface area contributed by atoms with E-state index in [4.69, 9.17) is 30.9 Å². The molecule has 8 rings (SSSR count). The number of rotatable bonds is 17. The summed E-state index contributed by atoms with van der Waals surface area (Å²) in [6.45, 7) is 9.19. The summed E-state index contributed by atoms with van der Waals surface area (Å²) in [7, 11) is 0. The number of hydrogen-bond acceptors (Lipinski definition) is 14. The van der Waals surface area contributed by atoms with E-state index in [1.54, 1.807) is 45.8 Å². The van der Waals surface area contributed by atoms with Crippen LogP contribution in [0.4, 0.5) is 11.9 Å². The van der Waals surface area contributed by atoms with Gasteiger partial charge < -0.3 is 35.2 Å². The number of tetrazole rings is 1. The van der Waals surface area contributed by atoms with Crippen molar-refractivity contribution in [3.8, 4) is 11.5 Å². The summed E-state index contributed by atoms with van der Waals surface area (Å²) in [6.07, 6.45) is 0.754. The van der Waals surface area contributed by atoms with Gasteiger partial charge in [0.15, 0.2) is 5.82 Å². The van der Waals surface area contributed by atoms with Crippen molar-refractivity contribution in [1.82, 2.24) is 59.3 Å². The summed E-state index contributed by atoms with van der Waals surface area (Å²) in [5.74, 6) is 0.422. The van der Waals surface area contributed by atoms with Gasteiger partial charge in [-0.3, -0.25) is 34.4 Å². The minimum atomic E-state index is -1.32. The third-order valence-electron chi connectivity index (χ3n) is 10.4. The molecule has 3 amide bonds. The maximum absolute atomic E-state index is 13.8. The van der Waals surface area contributed by atoms with Gasteiger partial charge >= 0.3 is 0 Å². The molecule has 22 nitrogen and oxygen atoms in total. The number of amides is 3. The quantitative estimate of drug-likeness (QED) is 0.0568. The number of nitrogens with two attached hydrogens (primary N) is 2. The number of carbonyl (C=O) groups excluding carboxylic acids is 3. The number of aryl methyl sites for hydroxylation is 6. The fourth-order valence-electron chi connectivity index (χ4n) is 7.66. The third-order valence-corrected chi connectivity index (χ3v) is 10.4. The Labute approximate surface area is 347 Å². The van der Waals surface area contributed by atoms with Crippen LogP contribution in [0.25, 0.3) is 22.1 Å². The lowest BCUT2D eigenvalue weighted by Crippen LogP contribution is -2.26. The second-order valence-electron chi connectivity index (χ2n) is 14.7. The molecule has 0 saturated heterocycles. The Bertz CT molecular complexity index is 2760. The molecule has 2 atom stereocenters. The van der Waals surface area contributed by atoms with Crippen LogP contribution >= 0.6 is 0 Å². The molecular formula is C39H46N16O6. The standard InChI is InChI=1S/C39H46N16O6/c1-5-53-27(13-20(3)48-53)36(58)44-38-42-25-15-22(34(40)56)17-29(60-12-8-10-31-46-50-51-47-31)32(25)52(38)11-7-9-24-19-61-30-18-23(35(41)57)16-26-33(30)55(24)39(43-26)45-37(59)28-14-21(4)49-54(28)6-2/h13-18,24,34,56H,5-12,19,40H2,1-4H3,(H2,41,57)(H,42,44,58)(H,43,45,59)(H,46,47,50,51)/t24-,34?/m0/s1. The number of nitrogens with one attached hydrogen (secondary N) is 3. The fraction of sp³-hybridized carbons (Fsp3) is 0.385. The molecule has 0 bridgehead atoms. The average Bonchev–Trinajstić information content (AvgIpc) is 4.08. The summed E-state index contributed by atoms with van der Waals surface area (Å²) in [4.78, 5) is 49.4. The number of hydrogen-bond donors (Lipinski definition) is 6. The summed E-state index contributed by atoms with van der Waals surface area (Å²) in [6, 6.07) is 9.56. The van der Waals surface area contributed by atoms with Crippen molar-refractivity contribution in [2.75, 3.05) is 23.8 Å². The molecule has 6 heterocycles. The van der Waals surface area contributed by atoms with E-state index in [0.29, 0.717) is 113 Å². The van der Waals surface area contributed by atoms with Crippen molar-refractivity contribution < 1.29 is 29.0 Å². The van der Waals surface area contributed by atoms with E-state index < -0.39 is 23.9 Å². The Kier molecular flexibility index (Phi) is 11.2. The number of fused-ring (bicyclic) bond motifs is 1. The lowest BCUT2D eigenvalue weighted by atomic mass is 10.1. The first-order valence-corrected chi connectivity index (χ1v) is 19.9. The smallest absolute Gasteiger partial charge is 0.276 e. The highest BCUT2D eigenvalue weighted by Gasteiger charge is 2.30. The topological polar surface area (TPSA) is 292 Å². The molecule has 8 N–H and O–H groups in total. The molecule has 7 aromatic rings. The molecule has 1 aliphatic heterocycles. The number of carbonyl (C=O) groups is 3. The molecule has 0 radical (unpaired) electrons. The zero-order chi connectivity index (χ0) is 42.9. The van der Waals surface area contributed by atoms with Gasteiger partial charge in [-0.15, -0.1) is 10.2 Å². The highest BCUT2D eigenvalue weighted by atomic mass is 16.5. The van der Waals surface area contributed by atoms with Crippen LogP contribution in [0.1, 0.15) is 99.5 Å². The van der Waals surface area contributed by atoms with Crippen LogP contribution in [0.15, 0.2) is 36.4 Å². The van der Waals surface area contributed by atoms with E-state index in [1.807, 2.05) is 36.8 Å². The first-order valence-electron chi connectivity index (χ1n) is 19.9. The van der Waals surface area contributed by atoms with E-state index in [0.717, 1.165) is 0 Å². The highest BCUT2D eigenvalue weighted by Crippen LogP contribution is 2.39. The first kappa shape index (κ1) is 40.6. The van der Waals surface area contributed by atoms with Crippen molar-refractivity contribution in [1.29, 1.82) is 0 Å². The number of H-pyrrole nitrogens is 1. The van der Waals surface area contributed by atoms with Crippen molar-refractivity contribution in [3.05, 3.63) is 76.1 Å². The van der Waals surface area contributed by atoms with E-state index in [9.17, 15) is 19.5 Å². The Morgan fingerprint density at radius 3 is 2.25 bits per heavy atom. The molecule has 318 valence electrons. The van der Waals surface area contributed by atoms with Gasteiger partial charge in [0, 0.05) is 37.2 Å². The fourth-order valence-corrected chi connectivity index (χ4v) is 7.66. The normalized spacial score (nSPS) is 14.0. The second-order valence-corrected chi connectivity index (χ2v) is 14.7. The summed E-state index contributed by atoms with van der Waals surface area (Å²) in [5.41, 5.74) is 16.4. The predicted molar refractivity (Wildman–Crippen MR) is 220 cm³/mol. The largest absolute Gasteiger partial charge is 0.491 e. The second kappa shape index (κ2) is 16.8. The number of aliphatic hydroxyl groups excluding tert-OH is 1. The first-order chi connectivity index (χ1) is 29.4. The van der Waals surface area contributed by atoms with Gasteiger partial charge in [0.2, 0.25) is 17.8 Å². The highest BCUT2D eigenvalue weighted by molar-refractivity contribution is 6.05. The molecular weight excluding hydrogens is 789 g/mol. The summed E-state index contributed by atoms with van der Waals surface area (Å²) in [5, 5.41) is 39.4. The number of primary amides is 1. The predicted octanol–water partition coefficient (Wildman–Crippen LogP) is 2.93. The average molecular weight is 835 g/mol. The molecule has 61 heavy (non-hydrogen) atoms. The van der Waals surface area contributed by atoms with Crippen molar-refractivity contribution >= 4 is 51.7 Å². The number of benzene rings is 2. The number of aliphatic hydroxyl groups is 1. The Hall–Kier alpha value is -7.20. The van der Waals surface area contributed by atoms with Crippen LogP contribution in [0.2, 0.25) is 0 Å². The van der Waals surface area contributed by atoms with Gasteiger partial charge in [-0.25, -0.2) is 9.97 Å². The van der Waals surface area contributed by atoms with Gasteiger partial charge in [-0.05, 0) is 83.4 Å². The number of anilines is 2. The van der Waals surface area contributed by atoms with E-state index in [2.05, 4.69) is 41.5 Å². The molecule has 0 saturated carbocycles. The zero-order valence-electron chi connectivity index (χ0n) is 34.0. The van der Waals surface area contributed by atoms with Gasteiger partial charge in [-0.1, -0.05) is 5.21 Å². The van der Waals surface area contributed by atoms with Gasteiger partial charge in [0.1, 0.15) is 46.8 Å². The van der Waals surface area contributed by atoms with Crippen molar-refractivity contribution in [3.63, 3.8) is 0 Å². The van der Waals surface area contributed by atoms with E-state index in [-0.39, 0.29) is 36.7 Å². The van der Waals surface area contributed by atoms with Gasteiger partial charge in [0.25, 0.3) is 11.8 Å². The number of ether oxygens (including phenoxy) is 2. The maximum Gasteiger partial charge on any atom is 0.276 e. The molecule has 0 aliphatic carbocycles. The van der Waals surface area contributed by atoms with Crippen molar-refractivity contribution in [2.24, 2.45) is 11.5 Å². The lowest BCUT2D eigenvalue weighted by Gasteiger charge is -2.27. The number of nitrogens with zero attached hydrogens (tertiary/aromatic N) is 11. The Balaban J connectivity index is 1.13. The van der Waals surface area contributed by atoms with Crippen LogP contribution in [0.5, 0.6) is 11.5 Å². The van der Waals surface area contributed by atoms with Crippen LogP contribution in [0.3, 0.4) is 0 Å². The van der Waals surface area contributed by atoms with Gasteiger partial charge in [-0.2, -0.15) is 15.4 Å². The minimum absolute atomic E-state index is 0.191. The Morgan fingerprint density at radius 2 is 1.61 bits per heavy atom. The molecule has 0 fully saturated rings. The molecule has 2 aromatic carbocycles. The lowest BCUT2D eigenvalue weighted by molar-refractivity contribution is 0.0994. The third kappa shape index (κ3) is 8.09. The molecule has 5 aromatic heterocycles. The van der Waals surface area contributed by atoms with E-state index >= 15 is 0 Å². The van der Waals surface area contributed by atoms with Crippen LogP contribution in [-0.4, -0.2) is 95.3 Å². The molecule has 1 aliphatic rings. The molecule has 0 spiro atoms. The monoisotopic (exact) mass is 834 g/mol. The Morgan fingerprint density at radius 1 is 0.934 bits per heavy atom. The van der Waals surface area contributed by atoms with Gasteiger partial charge in [0.05, 0.1) is 35.1 Å².